The van der Waals surface area contributed by atoms with Gasteiger partial charge in [0.25, 0.3) is 5.91 Å². The molecule has 0 bridgehead atoms. The van der Waals surface area contributed by atoms with Crippen molar-refractivity contribution in [2.24, 2.45) is 7.05 Å². The molecule has 0 unspecified atom stereocenters. The highest BCUT2D eigenvalue weighted by Crippen LogP contribution is 2.13. The summed E-state index contributed by atoms with van der Waals surface area (Å²) < 4.78 is 12.7. The van der Waals surface area contributed by atoms with Crippen LogP contribution in [0.3, 0.4) is 0 Å². The van der Waals surface area contributed by atoms with Crippen LogP contribution in [0.5, 0.6) is 0 Å². The summed E-state index contributed by atoms with van der Waals surface area (Å²) in [4.78, 5) is 29.3. The maximum Gasteiger partial charge on any atom is 0.290 e. The standard InChI is InChI=1S/C22H27N3O4/c1-3-4-12-24(22(27)20-10-7-14-29-20)17-21(26)25(16-19-9-6-13-28-19)15-18-8-5-11-23(18)2/h5-11,13-14H,3-4,12,15-17H2,1-2H3. The number of carbonyl (C=O) groups excluding carboxylic acids is 2. The Hall–Kier alpha value is -3.22. The van der Waals surface area contributed by atoms with E-state index < -0.39 is 0 Å². The Morgan fingerprint density at radius 3 is 2.41 bits per heavy atom. The van der Waals surface area contributed by atoms with Gasteiger partial charge in [0.1, 0.15) is 12.3 Å². The first kappa shape index (κ1) is 20.5. The molecule has 3 heterocycles. The molecule has 0 atom stereocenters. The highest BCUT2D eigenvalue weighted by Gasteiger charge is 2.24. The minimum Gasteiger partial charge on any atom is -0.467 e. The smallest absolute Gasteiger partial charge is 0.290 e. The van der Waals surface area contributed by atoms with E-state index >= 15 is 0 Å². The Kier molecular flexibility index (Phi) is 6.94. The van der Waals surface area contributed by atoms with E-state index in [1.54, 1.807) is 34.3 Å². The van der Waals surface area contributed by atoms with Gasteiger partial charge in [-0.25, -0.2) is 0 Å². The van der Waals surface area contributed by atoms with Crippen LogP contribution in [0.25, 0.3) is 0 Å². The molecule has 7 heteroatoms. The molecule has 0 saturated heterocycles. The van der Waals surface area contributed by atoms with E-state index in [2.05, 4.69) is 6.92 Å². The molecule has 3 rings (SSSR count). The fourth-order valence-electron chi connectivity index (χ4n) is 3.10. The van der Waals surface area contributed by atoms with Gasteiger partial charge >= 0.3 is 0 Å². The van der Waals surface area contributed by atoms with Crippen LogP contribution in [0.2, 0.25) is 0 Å². The molecular weight excluding hydrogens is 370 g/mol. The van der Waals surface area contributed by atoms with Crippen molar-refractivity contribution in [3.05, 3.63) is 72.3 Å². The Morgan fingerprint density at radius 1 is 1.00 bits per heavy atom. The number of nitrogens with zero attached hydrogens (tertiary/aromatic N) is 3. The van der Waals surface area contributed by atoms with Crippen molar-refractivity contribution in [3.63, 3.8) is 0 Å². The SMILES string of the molecule is CCCCN(CC(=O)N(Cc1ccco1)Cc1cccn1C)C(=O)c1ccco1. The van der Waals surface area contributed by atoms with Crippen molar-refractivity contribution < 1.29 is 18.4 Å². The van der Waals surface area contributed by atoms with Crippen LogP contribution in [-0.4, -0.2) is 39.3 Å². The fraction of sp³-hybridized carbons (Fsp3) is 0.364. The van der Waals surface area contributed by atoms with Crippen LogP contribution < -0.4 is 0 Å². The van der Waals surface area contributed by atoms with Crippen molar-refractivity contribution in [1.29, 1.82) is 0 Å². The van der Waals surface area contributed by atoms with E-state index in [1.165, 1.54) is 6.26 Å². The van der Waals surface area contributed by atoms with E-state index in [4.69, 9.17) is 8.83 Å². The van der Waals surface area contributed by atoms with Gasteiger partial charge in [0, 0.05) is 25.5 Å². The predicted octanol–water partition coefficient (Wildman–Crippen LogP) is 3.68. The predicted molar refractivity (Wildman–Crippen MR) is 108 cm³/mol. The molecule has 0 N–H and O–H groups in total. The second-order valence-electron chi connectivity index (χ2n) is 7.00. The third-order valence-electron chi connectivity index (χ3n) is 4.81. The van der Waals surface area contributed by atoms with Gasteiger partial charge in [0.2, 0.25) is 5.91 Å². The molecule has 0 aromatic carbocycles. The number of unbranched alkanes of at least 4 members (excludes halogenated alkanes) is 1. The largest absolute Gasteiger partial charge is 0.467 e. The maximum atomic E-state index is 13.2. The molecule has 0 spiro atoms. The summed E-state index contributed by atoms with van der Waals surface area (Å²) in [5.74, 6) is 0.533. The van der Waals surface area contributed by atoms with Gasteiger partial charge in [-0.3, -0.25) is 9.59 Å². The third-order valence-corrected chi connectivity index (χ3v) is 4.81. The van der Waals surface area contributed by atoms with Crippen LogP contribution >= 0.6 is 0 Å². The zero-order chi connectivity index (χ0) is 20.6. The molecule has 3 aromatic rings. The van der Waals surface area contributed by atoms with Crippen molar-refractivity contribution in [1.82, 2.24) is 14.4 Å². The van der Waals surface area contributed by atoms with Crippen molar-refractivity contribution in [3.8, 4) is 0 Å². The van der Waals surface area contributed by atoms with Gasteiger partial charge in [-0.05, 0) is 42.8 Å². The van der Waals surface area contributed by atoms with Crippen molar-refractivity contribution >= 4 is 11.8 Å². The lowest BCUT2D eigenvalue weighted by Crippen LogP contribution is -2.43. The lowest BCUT2D eigenvalue weighted by Gasteiger charge is -2.27. The van der Waals surface area contributed by atoms with Crippen LogP contribution in [0.15, 0.2) is 64.0 Å². The van der Waals surface area contributed by atoms with Gasteiger partial charge in [0.05, 0.1) is 25.6 Å². The highest BCUT2D eigenvalue weighted by atomic mass is 16.3. The number of aromatic nitrogens is 1. The molecule has 0 aliphatic heterocycles. The quantitative estimate of drug-likeness (QED) is 0.523. The average molecular weight is 397 g/mol. The zero-order valence-corrected chi connectivity index (χ0v) is 16.9. The Morgan fingerprint density at radius 2 is 1.79 bits per heavy atom. The summed E-state index contributed by atoms with van der Waals surface area (Å²) in [6, 6.07) is 10.9. The number of hydrogen-bond acceptors (Lipinski definition) is 4. The van der Waals surface area contributed by atoms with Crippen LogP contribution in [0, 0.1) is 0 Å². The number of rotatable bonds is 10. The lowest BCUT2D eigenvalue weighted by molar-refractivity contribution is -0.133. The lowest BCUT2D eigenvalue weighted by atomic mass is 10.2. The topological polar surface area (TPSA) is 71.8 Å². The minimum absolute atomic E-state index is 0.00926. The molecule has 154 valence electrons. The molecule has 0 radical (unpaired) electrons. The third kappa shape index (κ3) is 5.40. The Bertz CT molecular complexity index is 897. The molecule has 3 aromatic heterocycles. The summed E-state index contributed by atoms with van der Waals surface area (Å²) in [7, 11) is 1.94. The molecule has 0 aliphatic rings. The minimum atomic E-state index is -0.270. The summed E-state index contributed by atoms with van der Waals surface area (Å²) >= 11 is 0. The van der Waals surface area contributed by atoms with Gasteiger partial charge in [0.15, 0.2) is 5.76 Å². The normalized spacial score (nSPS) is 10.8. The molecule has 29 heavy (non-hydrogen) atoms. The second kappa shape index (κ2) is 9.82. The number of furan rings is 2. The second-order valence-corrected chi connectivity index (χ2v) is 7.00. The zero-order valence-electron chi connectivity index (χ0n) is 16.9. The number of amides is 2. The Labute approximate surface area is 170 Å². The first-order chi connectivity index (χ1) is 14.1. The van der Waals surface area contributed by atoms with E-state index in [9.17, 15) is 9.59 Å². The van der Waals surface area contributed by atoms with Gasteiger partial charge < -0.3 is 23.2 Å². The molecule has 0 saturated carbocycles. The fourth-order valence-corrected chi connectivity index (χ4v) is 3.10. The van der Waals surface area contributed by atoms with E-state index in [0.717, 1.165) is 18.5 Å². The highest BCUT2D eigenvalue weighted by molar-refractivity contribution is 5.94. The van der Waals surface area contributed by atoms with Gasteiger partial charge in [-0.15, -0.1) is 0 Å². The van der Waals surface area contributed by atoms with Crippen LogP contribution in [-0.2, 0) is 24.9 Å². The number of carbonyl (C=O) groups is 2. The molecule has 2 amide bonds. The molecule has 7 nitrogen and oxygen atoms in total. The molecule has 0 aliphatic carbocycles. The van der Waals surface area contributed by atoms with Crippen LogP contribution in [0.4, 0.5) is 0 Å². The molecular formula is C22H27N3O4. The van der Waals surface area contributed by atoms with Crippen molar-refractivity contribution in [2.45, 2.75) is 32.9 Å². The Balaban J connectivity index is 1.76. The van der Waals surface area contributed by atoms with Gasteiger partial charge in [-0.1, -0.05) is 13.3 Å². The number of hydrogen-bond donors (Lipinski definition) is 0. The van der Waals surface area contributed by atoms with Crippen molar-refractivity contribution in [2.75, 3.05) is 13.1 Å². The summed E-state index contributed by atoms with van der Waals surface area (Å²) in [5.41, 5.74) is 1.00. The summed E-state index contributed by atoms with van der Waals surface area (Å²) in [6.45, 7) is 3.31. The average Bonchev–Trinajstić information content (AvgIpc) is 3.48. The number of aryl methyl sites for hydroxylation is 1. The summed E-state index contributed by atoms with van der Waals surface area (Å²) in [5, 5.41) is 0. The monoisotopic (exact) mass is 397 g/mol. The first-order valence-electron chi connectivity index (χ1n) is 9.81. The van der Waals surface area contributed by atoms with Gasteiger partial charge in [-0.2, -0.15) is 0 Å². The maximum absolute atomic E-state index is 13.2. The van der Waals surface area contributed by atoms with E-state index in [-0.39, 0.29) is 24.1 Å². The molecule has 0 fully saturated rings. The van der Waals surface area contributed by atoms with Crippen LogP contribution in [0.1, 0.15) is 41.8 Å². The van der Waals surface area contributed by atoms with E-state index in [0.29, 0.717) is 25.4 Å². The first-order valence-corrected chi connectivity index (χ1v) is 9.81. The van der Waals surface area contributed by atoms with E-state index in [1.807, 2.05) is 36.0 Å². The summed E-state index contributed by atoms with van der Waals surface area (Å²) in [6.07, 6.45) is 6.74.